The normalized spacial score (nSPS) is 17.3. The zero-order valence-corrected chi connectivity index (χ0v) is 15.8. The largest absolute Gasteiger partial charge is 0.423 e. The smallest absolute Gasteiger partial charge is 0.298 e. The van der Waals surface area contributed by atoms with Crippen molar-refractivity contribution >= 4 is 33.8 Å². The summed E-state index contributed by atoms with van der Waals surface area (Å²) in [6.07, 6.45) is 2.63. The summed E-state index contributed by atoms with van der Waals surface area (Å²) in [6, 6.07) is 7.48. The maximum Gasteiger partial charge on any atom is 0.298 e. The van der Waals surface area contributed by atoms with E-state index in [1.165, 1.54) is 11.8 Å². The highest BCUT2D eigenvalue weighted by Gasteiger charge is 2.23. The lowest BCUT2D eigenvalue weighted by Crippen LogP contribution is -2.36. The van der Waals surface area contributed by atoms with Gasteiger partial charge in [0.2, 0.25) is 0 Å². The van der Waals surface area contributed by atoms with Crippen LogP contribution in [0.4, 0.5) is 16.2 Å². The maximum absolute atomic E-state index is 13.8. The summed E-state index contributed by atoms with van der Waals surface area (Å²) >= 11 is 0. The number of nitrogens with zero attached hydrogens (tertiary/aromatic N) is 4. The number of morpholine rings is 1. The molecular weight excluding hydrogens is 373 g/mol. The van der Waals surface area contributed by atoms with Crippen molar-refractivity contribution in [1.82, 2.24) is 15.0 Å². The topological polar surface area (TPSA) is 70.4 Å². The van der Waals surface area contributed by atoms with Crippen LogP contribution in [0.5, 0.6) is 0 Å². The number of pyridine rings is 1. The van der Waals surface area contributed by atoms with Crippen molar-refractivity contribution in [2.75, 3.05) is 42.6 Å². The minimum atomic E-state index is -0.215. The average Bonchev–Trinajstić information content (AvgIpc) is 3.34. The molecule has 0 atom stereocenters. The number of aromatic amines is 1. The Morgan fingerprint density at radius 2 is 1.97 bits per heavy atom. The molecule has 6 rings (SSSR count). The Bertz CT molecular complexity index is 1210. The van der Waals surface area contributed by atoms with Crippen LogP contribution in [-0.2, 0) is 17.7 Å². The van der Waals surface area contributed by atoms with E-state index in [9.17, 15) is 4.39 Å². The maximum atomic E-state index is 13.8. The molecule has 0 saturated carbocycles. The first-order chi connectivity index (χ1) is 14.2. The van der Waals surface area contributed by atoms with Gasteiger partial charge in [-0.1, -0.05) is 0 Å². The van der Waals surface area contributed by atoms with Gasteiger partial charge in [-0.2, -0.15) is 4.98 Å². The molecule has 29 heavy (non-hydrogen) atoms. The fourth-order valence-corrected chi connectivity index (χ4v) is 4.25. The van der Waals surface area contributed by atoms with Crippen LogP contribution in [0.15, 0.2) is 34.9 Å². The van der Waals surface area contributed by atoms with Gasteiger partial charge >= 0.3 is 0 Å². The summed E-state index contributed by atoms with van der Waals surface area (Å²) in [5, 5.41) is 0.944. The fourth-order valence-electron chi connectivity index (χ4n) is 4.25. The summed E-state index contributed by atoms with van der Waals surface area (Å²) in [5.74, 6) is 0.631. The molecule has 3 aromatic heterocycles. The summed E-state index contributed by atoms with van der Waals surface area (Å²) < 4.78 is 25.2. The van der Waals surface area contributed by atoms with Gasteiger partial charge in [0.25, 0.3) is 6.01 Å². The lowest BCUT2D eigenvalue weighted by molar-refractivity contribution is 0.120. The standard InChI is InChI=1S/C21H20FN5O2/c22-13-1-2-16-14(9-13)15-12-27(4-3-17(15)24-16)20-10-19-18(11-23-20)25-21(29-19)26-5-7-28-8-6-26/h1-2,9-11,24H,3-8,12H2. The zero-order valence-electron chi connectivity index (χ0n) is 15.8. The van der Waals surface area contributed by atoms with E-state index in [2.05, 4.69) is 24.8 Å². The number of ether oxygens (including phenoxy) is 1. The summed E-state index contributed by atoms with van der Waals surface area (Å²) in [7, 11) is 0. The van der Waals surface area contributed by atoms with Crippen LogP contribution in [0.3, 0.4) is 0 Å². The highest BCUT2D eigenvalue weighted by atomic mass is 19.1. The van der Waals surface area contributed by atoms with Crippen molar-refractivity contribution in [3.05, 3.63) is 47.5 Å². The summed E-state index contributed by atoms with van der Waals surface area (Å²) in [4.78, 5) is 16.9. The van der Waals surface area contributed by atoms with Gasteiger partial charge in [-0.05, 0) is 18.2 Å². The molecule has 0 radical (unpaired) electrons. The molecule has 5 heterocycles. The second kappa shape index (κ2) is 6.45. The number of nitrogens with one attached hydrogen (secondary N) is 1. The van der Waals surface area contributed by atoms with Crippen molar-refractivity contribution in [3.63, 3.8) is 0 Å². The van der Waals surface area contributed by atoms with Gasteiger partial charge in [-0.3, -0.25) is 0 Å². The summed E-state index contributed by atoms with van der Waals surface area (Å²) in [6.45, 7) is 4.44. The molecule has 0 amide bonds. The molecule has 0 bridgehead atoms. The molecule has 1 fully saturated rings. The van der Waals surface area contributed by atoms with Gasteiger partial charge in [0.1, 0.15) is 17.2 Å². The number of aromatic nitrogens is 3. The Labute approximate surface area is 166 Å². The molecule has 0 unspecified atom stereocenters. The van der Waals surface area contributed by atoms with E-state index in [0.29, 0.717) is 25.8 Å². The van der Waals surface area contributed by atoms with Crippen LogP contribution >= 0.6 is 0 Å². The van der Waals surface area contributed by atoms with Crippen molar-refractivity contribution in [2.45, 2.75) is 13.0 Å². The molecule has 1 aromatic carbocycles. The minimum Gasteiger partial charge on any atom is -0.423 e. The van der Waals surface area contributed by atoms with Gasteiger partial charge in [-0.25, -0.2) is 9.37 Å². The van der Waals surface area contributed by atoms with Gasteiger partial charge in [0, 0.05) is 60.8 Å². The van der Waals surface area contributed by atoms with Crippen molar-refractivity contribution in [2.24, 2.45) is 0 Å². The van der Waals surface area contributed by atoms with Crippen LogP contribution in [0.2, 0.25) is 0 Å². The van der Waals surface area contributed by atoms with E-state index in [4.69, 9.17) is 9.15 Å². The number of oxazole rings is 1. The van der Waals surface area contributed by atoms with Crippen LogP contribution < -0.4 is 9.80 Å². The second-order valence-corrected chi connectivity index (χ2v) is 7.55. The van der Waals surface area contributed by atoms with Gasteiger partial charge in [0.05, 0.1) is 19.4 Å². The molecule has 8 heteroatoms. The van der Waals surface area contributed by atoms with Gasteiger partial charge in [-0.15, -0.1) is 0 Å². The Morgan fingerprint density at radius 1 is 1.07 bits per heavy atom. The first kappa shape index (κ1) is 16.8. The molecule has 1 N–H and O–H groups in total. The molecular formula is C21H20FN5O2. The molecule has 1 saturated heterocycles. The Morgan fingerprint density at radius 3 is 2.86 bits per heavy atom. The lowest BCUT2D eigenvalue weighted by atomic mass is 10.0. The predicted molar refractivity (Wildman–Crippen MR) is 108 cm³/mol. The Balaban J connectivity index is 1.32. The number of halogens is 1. The number of hydrogen-bond donors (Lipinski definition) is 1. The Kier molecular flexibility index (Phi) is 3.73. The van der Waals surface area contributed by atoms with Crippen LogP contribution in [0, 0.1) is 5.82 Å². The monoisotopic (exact) mass is 393 g/mol. The predicted octanol–water partition coefficient (Wildman–Crippen LogP) is 3.24. The molecule has 7 nitrogen and oxygen atoms in total. The zero-order chi connectivity index (χ0) is 19.4. The van der Waals surface area contributed by atoms with Crippen LogP contribution in [-0.4, -0.2) is 47.8 Å². The highest BCUT2D eigenvalue weighted by molar-refractivity contribution is 5.85. The lowest BCUT2D eigenvalue weighted by Gasteiger charge is -2.28. The number of fused-ring (bicyclic) bond motifs is 4. The first-order valence-electron chi connectivity index (χ1n) is 9.88. The van der Waals surface area contributed by atoms with E-state index >= 15 is 0 Å². The molecule has 0 spiro atoms. The van der Waals surface area contributed by atoms with Crippen molar-refractivity contribution in [1.29, 1.82) is 0 Å². The third-order valence-corrected chi connectivity index (χ3v) is 5.79. The van der Waals surface area contributed by atoms with E-state index in [1.807, 2.05) is 6.07 Å². The molecule has 4 aromatic rings. The van der Waals surface area contributed by atoms with Crippen molar-refractivity contribution < 1.29 is 13.5 Å². The molecule has 0 aliphatic carbocycles. The quantitative estimate of drug-likeness (QED) is 0.564. The molecule has 2 aliphatic heterocycles. The third-order valence-electron chi connectivity index (χ3n) is 5.79. The van der Waals surface area contributed by atoms with E-state index < -0.39 is 0 Å². The fraction of sp³-hybridized carbons (Fsp3) is 0.333. The molecule has 2 aliphatic rings. The van der Waals surface area contributed by atoms with Crippen LogP contribution in [0.1, 0.15) is 11.3 Å². The first-order valence-corrected chi connectivity index (χ1v) is 9.88. The second-order valence-electron chi connectivity index (χ2n) is 7.55. The van der Waals surface area contributed by atoms with E-state index in [-0.39, 0.29) is 5.82 Å². The van der Waals surface area contributed by atoms with E-state index in [0.717, 1.165) is 59.4 Å². The van der Waals surface area contributed by atoms with Gasteiger partial charge < -0.3 is 23.9 Å². The molecule has 148 valence electrons. The number of benzene rings is 1. The SMILES string of the molecule is Fc1ccc2[nH]c3c(c2c1)CN(c1cc2oc(N4CCOCC4)nc2cn1)CC3. The average molecular weight is 393 g/mol. The third kappa shape index (κ3) is 2.82. The summed E-state index contributed by atoms with van der Waals surface area (Å²) in [5.41, 5.74) is 4.78. The number of anilines is 2. The number of hydrogen-bond acceptors (Lipinski definition) is 6. The van der Waals surface area contributed by atoms with E-state index in [1.54, 1.807) is 18.3 Å². The van der Waals surface area contributed by atoms with Gasteiger partial charge in [0.15, 0.2) is 5.58 Å². The number of H-pyrrole nitrogens is 1. The Hall–Kier alpha value is -3.13. The minimum absolute atomic E-state index is 0.215. The number of rotatable bonds is 2. The van der Waals surface area contributed by atoms with Crippen molar-refractivity contribution in [3.8, 4) is 0 Å². The van der Waals surface area contributed by atoms with Crippen LogP contribution in [0.25, 0.3) is 22.0 Å². The highest BCUT2D eigenvalue weighted by Crippen LogP contribution is 2.31.